The second-order valence-electron chi connectivity index (χ2n) is 15.7. The Hall–Kier alpha value is -2.54. The Morgan fingerprint density at radius 2 is 1.10 bits per heavy atom. The van der Waals surface area contributed by atoms with E-state index in [4.69, 9.17) is 23.7 Å². The zero-order chi connectivity index (χ0) is 35.8. The fourth-order valence-electron chi connectivity index (χ4n) is 8.48. The normalized spacial score (nSPS) is 29.8. The Labute approximate surface area is 309 Å². The van der Waals surface area contributed by atoms with Gasteiger partial charge >= 0.3 is 0 Å². The monoisotopic (exact) mass is 698 g/mol. The first kappa shape index (κ1) is 39.7. The van der Waals surface area contributed by atoms with Gasteiger partial charge in [-0.1, -0.05) is 176 Å². The van der Waals surface area contributed by atoms with Crippen LogP contribution in [0.25, 0.3) is 0 Å². The summed E-state index contributed by atoms with van der Waals surface area (Å²) in [5.74, 6) is 0.0377. The summed E-state index contributed by atoms with van der Waals surface area (Å²) in [4.78, 5) is 0. The number of rotatable bonds is 13. The van der Waals surface area contributed by atoms with Gasteiger partial charge in [0.25, 0.3) is 0 Å². The number of fused-ring (bicyclic) bond motifs is 3. The van der Waals surface area contributed by atoms with Gasteiger partial charge in [0.1, 0.15) is 6.10 Å². The molecule has 0 spiro atoms. The lowest BCUT2D eigenvalue weighted by molar-refractivity contribution is -0.345. The largest absolute Gasteiger partial charge is 0.374 e. The Morgan fingerprint density at radius 1 is 0.608 bits per heavy atom. The summed E-state index contributed by atoms with van der Waals surface area (Å²) < 4.78 is 35.4. The van der Waals surface area contributed by atoms with Gasteiger partial charge in [0.05, 0.1) is 44.2 Å². The number of hydrogen-bond donors (Lipinski definition) is 0. The second kappa shape index (κ2) is 20.6. The lowest BCUT2D eigenvalue weighted by Gasteiger charge is -2.54. The van der Waals surface area contributed by atoms with Gasteiger partial charge in [0.2, 0.25) is 0 Å². The van der Waals surface area contributed by atoms with Crippen molar-refractivity contribution in [2.24, 2.45) is 11.3 Å². The maximum atomic E-state index is 7.29. The maximum Gasteiger partial charge on any atom is 0.187 e. The van der Waals surface area contributed by atoms with Crippen LogP contribution in [0.15, 0.2) is 91.0 Å². The van der Waals surface area contributed by atoms with Crippen molar-refractivity contribution in [2.45, 2.75) is 161 Å². The summed E-state index contributed by atoms with van der Waals surface area (Å²) in [5, 5.41) is 0. The second-order valence-corrected chi connectivity index (χ2v) is 15.7. The van der Waals surface area contributed by atoms with E-state index in [1.807, 2.05) is 0 Å². The minimum absolute atomic E-state index is 0.0377. The molecule has 51 heavy (non-hydrogen) atoms. The van der Waals surface area contributed by atoms with E-state index in [1.54, 1.807) is 0 Å². The molecule has 5 heteroatoms. The zero-order valence-electron chi connectivity index (χ0n) is 32.1. The van der Waals surface area contributed by atoms with Crippen molar-refractivity contribution in [3.63, 3.8) is 0 Å². The van der Waals surface area contributed by atoms with Crippen molar-refractivity contribution in [1.82, 2.24) is 0 Å². The molecule has 0 saturated carbocycles. The highest BCUT2D eigenvalue weighted by atomic mass is 16.7. The third kappa shape index (κ3) is 12.0. The number of ether oxygens (including phenoxy) is 5. The van der Waals surface area contributed by atoms with E-state index >= 15 is 0 Å². The molecule has 7 atom stereocenters. The highest BCUT2D eigenvalue weighted by molar-refractivity contribution is 5.15. The molecule has 0 radical (unpaired) electrons. The average molecular weight is 699 g/mol. The molecule has 0 aromatic heterocycles. The molecule has 7 unspecified atom stereocenters. The van der Waals surface area contributed by atoms with Gasteiger partial charge in [-0.25, -0.2) is 0 Å². The molecule has 2 bridgehead atoms. The first-order valence-electron chi connectivity index (χ1n) is 20.2. The van der Waals surface area contributed by atoms with Crippen molar-refractivity contribution in [3.05, 3.63) is 108 Å². The highest BCUT2D eigenvalue weighted by Gasteiger charge is 2.55. The summed E-state index contributed by atoms with van der Waals surface area (Å²) >= 11 is 0. The molecular weight excluding hydrogens is 633 g/mol. The zero-order valence-corrected chi connectivity index (χ0v) is 32.1. The van der Waals surface area contributed by atoms with Crippen LogP contribution >= 0.6 is 0 Å². The van der Waals surface area contributed by atoms with Gasteiger partial charge in [-0.2, -0.15) is 0 Å². The van der Waals surface area contributed by atoms with Crippen LogP contribution in [0.5, 0.6) is 0 Å². The average Bonchev–Trinajstić information content (AvgIpc) is 3.15. The Bertz CT molecular complexity index is 1350. The molecular formula is C46H66O5. The molecule has 3 aromatic rings. The molecule has 2 aliphatic rings. The van der Waals surface area contributed by atoms with Crippen LogP contribution in [0.3, 0.4) is 0 Å². The van der Waals surface area contributed by atoms with Crippen molar-refractivity contribution in [2.75, 3.05) is 6.61 Å². The van der Waals surface area contributed by atoms with Crippen molar-refractivity contribution in [3.8, 4) is 0 Å². The summed E-state index contributed by atoms with van der Waals surface area (Å²) in [6.07, 6.45) is 13.8. The first-order chi connectivity index (χ1) is 24.9. The quantitative estimate of drug-likeness (QED) is 0.178. The summed E-state index contributed by atoms with van der Waals surface area (Å²) in [7, 11) is 0. The van der Waals surface area contributed by atoms with Crippen LogP contribution in [0.1, 0.15) is 128 Å². The topological polar surface area (TPSA) is 46.2 Å². The fraction of sp³-hybridized carbons (Fsp3) is 0.609. The SMILES string of the molecule is CCCC1(C)CCCCCCCCCCC(C)(CC)C2C(COCc3ccccc3)OC(O1)C(OCc1ccccc1)C2OCc1ccccc1. The third-order valence-electron chi connectivity index (χ3n) is 11.6. The highest BCUT2D eigenvalue weighted by Crippen LogP contribution is 2.48. The molecule has 5 nitrogen and oxygen atoms in total. The molecule has 0 aliphatic carbocycles. The molecule has 2 aliphatic heterocycles. The standard InChI is InChI=1S/C46H66O5/c1-5-30-46(4)32-23-12-10-8-7-9-11-22-31-45(3,6-2)41-40(36-47-33-37-24-16-13-17-25-37)50-44(51-46)43(49-35-39-28-20-15-21-29-39)42(41)48-34-38-26-18-14-19-27-38/h13-21,24-29,40-44H,5-12,22-23,30-36H2,1-4H3. The van der Waals surface area contributed by atoms with Crippen LogP contribution in [0.2, 0.25) is 0 Å². The molecule has 0 N–H and O–H groups in total. The van der Waals surface area contributed by atoms with Gasteiger partial charge in [-0.15, -0.1) is 0 Å². The van der Waals surface area contributed by atoms with Crippen LogP contribution in [-0.2, 0) is 43.5 Å². The van der Waals surface area contributed by atoms with E-state index in [0.29, 0.717) is 26.4 Å². The minimum atomic E-state index is -0.593. The van der Waals surface area contributed by atoms with Crippen LogP contribution in [0, 0.1) is 11.3 Å². The van der Waals surface area contributed by atoms with Gasteiger partial charge in [0, 0.05) is 5.92 Å². The molecule has 3 aromatic carbocycles. The van der Waals surface area contributed by atoms with Crippen LogP contribution in [-0.4, -0.2) is 36.8 Å². The van der Waals surface area contributed by atoms with Crippen LogP contribution in [0.4, 0.5) is 0 Å². The van der Waals surface area contributed by atoms with E-state index in [2.05, 4.69) is 119 Å². The minimum Gasteiger partial charge on any atom is -0.374 e. The molecule has 2 heterocycles. The van der Waals surface area contributed by atoms with E-state index in [0.717, 1.165) is 55.2 Å². The van der Waals surface area contributed by atoms with E-state index in [-0.39, 0.29) is 29.1 Å². The maximum absolute atomic E-state index is 7.29. The fourth-order valence-corrected chi connectivity index (χ4v) is 8.48. The Morgan fingerprint density at radius 3 is 1.63 bits per heavy atom. The van der Waals surface area contributed by atoms with E-state index in [1.165, 1.54) is 44.9 Å². The summed E-state index contributed by atoms with van der Waals surface area (Å²) in [6, 6.07) is 31.5. The molecule has 280 valence electrons. The Balaban J connectivity index is 1.56. The van der Waals surface area contributed by atoms with E-state index in [9.17, 15) is 0 Å². The summed E-state index contributed by atoms with van der Waals surface area (Å²) in [6.45, 7) is 11.4. The van der Waals surface area contributed by atoms with Crippen LogP contribution < -0.4 is 0 Å². The van der Waals surface area contributed by atoms with Gasteiger partial charge in [0.15, 0.2) is 6.29 Å². The van der Waals surface area contributed by atoms with Crippen molar-refractivity contribution in [1.29, 1.82) is 0 Å². The molecule has 2 saturated heterocycles. The predicted molar refractivity (Wildman–Crippen MR) is 207 cm³/mol. The lowest BCUT2D eigenvalue weighted by Crippen LogP contribution is -2.63. The van der Waals surface area contributed by atoms with Gasteiger partial charge in [-0.3, -0.25) is 0 Å². The third-order valence-corrected chi connectivity index (χ3v) is 11.6. The number of hydrogen-bond acceptors (Lipinski definition) is 5. The van der Waals surface area contributed by atoms with Crippen molar-refractivity contribution < 1.29 is 23.7 Å². The molecule has 0 amide bonds. The van der Waals surface area contributed by atoms with E-state index < -0.39 is 12.4 Å². The summed E-state index contributed by atoms with van der Waals surface area (Å²) in [5.41, 5.74) is 3.07. The van der Waals surface area contributed by atoms with Crippen molar-refractivity contribution >= 4 is 0 Å². The predicted octanol–water partition coefficient (Wildman–Crippen LogP) is 11.6. The smallest absolute Gasteiger partial charge is 0.187 e. The molecule has 5 rings (SSSR count). The Kier molecular flexibility index (Phi) is 16.0. The number of benzene rings is 3. The first-order valence-corrected chi connectivity index (χ1v) is 20.2. The lowest BCUT2D eigenvalue weighted by atomic mass is 9.65. The molecule has 2 fully saturated rings. The van der Waals surface area contributed by atoms with Gasteiger partial charge in [-0.05, 0) is 48.3 Å². The van der Waals surface area contributed by atoms with Gasteiger partial charge < -0.3 is 23.7 Å².